The first-order chi connectivity index (χ1) is 14.0. The molecule has 0 aliphatic rings. The third-order valence-corrected chi connectivity index (χ3v) is 5.24. The van der Waals surface area contributed by atoms with Crippen molar-refractivity contribution < 1.29 is 14.6 Å². The molecule has 0 aliphatic heterocycles. The number of benzene rings is 1. The normalized spacial score (nSPS) is 11.8. The number of nitrogens with one attached hydrogen (secondary N) is 1. The zero-order chi connectivity index (χ0) is 20.8. The number of anilines is 2. The molecule has 3 rings (SSSR count). The van der Waals surface area contributed by atoms with Gasteiger partial charge >= 0.3 is 12.0 Å². The second kappa shape index (κ2) is 9.42. The maximum Gasteiger partial charge on any atom is 0.316 e. The van der Waals surface area contributed by atoms with Crippen LogP contribution in [0.4, 0.5) is 11.4 Å². The maximum absolute atomic E-state index is 11.2. The van der Waals surface area contributed by atoms with E-state index in [1.807, 2.05) is 39.0 Å². The molecule has 152 valence electrons. The molecular formula is C20H23N5O3S. The van der Waals surface area contributed by atoms with E-state index in [0.29, 0.717) is 18.3 Å². The topological polar surface area (TPSA) is 110 Å². The SMILES string of the molecule is CCOc1ncc(Nc2cc([C@H](CC)CC(=O)O)ccc2-c2nnc(C)s2)cn1. The van der Waals surface area contributed by atoms with Gasteiger partial charge < -0.3 is 15.2 Å². The standard InChI is InChI=1S/C20H23N5O3S/c1-4-13(9-18(26)27)14-6-7-16(19-25-24-12(3)29-19)17(8-14)23-15-10-21-20(22-11-15)28-5-2/h6-8,10-11,13,23H,4-5,9H2,1-3H3,(H,26,27)/t13-/m1/s1. The molecule has 2 aromatic heterocycles. The van der Waals surface area contributed by atoms with Gasteiger partial charge in [0.2, 0.25) is 0 Å². The summed E-state index contributed by atoms with van der Waals surface area (Å²) in [6, 6.07) is 6.21. The number of hydrogen-bond acceptors (Lipinski definition) is 8. The van der Waals surface area contributed by atoms with E-state index in [1.54, 1.807) is 12.4 Å². The van der Waals surface area contributed by atoms with Crippen LogP contribution < -0.4 is 10.1 Å². The van der Waals surface area contributed by atoms with Gasteiger partial charge in [0.15, 0.2) is 0 Å². The van der Waals surface area contributed by atoms with Crippen LogP contribution in [0.2, 0.25) is 0 Å². The van der Waals surface area contributed by atoms with Gasteiger partial charge in [0.05, 0.1) is 31.1 Å². The highest BCUT2D eigenvalue weighted by atomic mass is 32.1. The Hall–Kier alpha value is -3.07. The van der Waals surface area contributed by atoms with E-state index in [2.05, 4.69) is 25.5 Å². The van der Waals surface area contributed by atoms with Gasteiger partial charge in [-0.25, -0.2) is 9.97 Å². The van der Waals surface area contributed by atoms with Crippen LogP contribution in [0.3, 0.4) is 0 Å². The Morgan fingerprint density at radius 2 is 2.00 bits per heavy atom. The molecule has 0 radical (unpaired) electrons. The Kier molecular flexibility index (Phi) is 6.71. The second-order valence-electron chi connectivity index (χ2n) is 6.45. The number of carboxylic acid groups (broad SMARTS) is 1. The van der Waals surface area contributed by atoms with Gasteiger partial charge in [0.25, 0.3) is 0 Å². The van der Waals surface area contributed by atoms with Crippen molar-refractivity contribution in [2.75, 3.05) is 11.9 Å². The molecule has 1 aromatic carbocycles. The smallest absolute Gasteiger partial charge is 0.316 e. The summed E-state index contributed by atoms with van der Waals surface area (Å²) in [5.41, 5.74) is 3.34. The van der Waals surface area contributed by atoms with Crippen LogP contribution >= 0.6 is 11.3 Å². The molecule has 3 aromatic rings. The zero-order valence-electron chi connectivity index (χ0n) is 16.5. The van der Waals surface area contributed by atoms with Crippen LogP contribution in [0, 0.1) is 6.92 Å². The van der Waals surface area contributed by atoms with Crippen molar-refractivity contribution in [1.29, 1.82) is 0 Å². The number of aromatic nitrogens is 4. The summed E-state index contributed by atoms with van der Waals surface area (Å²) in [5.74, 6) is -0.884. The summed E-state index contributed by atoms with van der Waals surface area (Å²) in [7, 11) is 0. The van der Waals surface area contributed by atoms with Crippen molar-refractivity contribution >= 4 is 28.7 Å². The van der Waals surface area contributed by atoms with Gasteiger partial charge in [-0.1, -0.05) is 24.3 Å². The van der Waals surface area contributed by atoms with E-state index >= 15 is 0 Å². The first kappa shape index (κ1) is 20.7. The lowest BCUT2D eigenvalue weighted by atomic mass is 9.92. The number of ether oxygens (including phenoxy) is 1. The van der Waals surface area contributed by atoms with Crippen LogP contribution in [0.5, 0.6) is 6.01 Å². The molecule has 9 heteroatoms. The molecule has 2 N–H and O–H groups in total. The van der Waals surface area contributed by atoms with Crippen LogP contribution in [0.1, 0.15) is 43.2 Å². The highest BCUT2D eigenvalue weighted by Gasteiger charge is 2.17. The molecule has 0 fully saturated rings. The summed E-state index contributed by atoms with van der Waals surface area (Å²) >= 11 is 1.50. The highest BCUT2D eigenvalue weighted by molar-refractivity contribution is 7.14. The monoisotopic (exact) mass is 413 g/mol. The van der Waals surface area contributed by atoms with E-state index < -0.39 is 5.97 Å². The minimum Gasteiger partial charge on any atom is -0.481 e. The maximum atomic E-state index is 11.2. The van der Waals surface area contributed by atoms with Crippen LogP contribution in [0.15, 0.2) is 30.6 Å². The molecule has 29 heavy (non-hydrogen) atoms. The molecule has 0 spiro atoms. The number of nitrogens with zero attached hydrogens (tertiary/aromatic N) is 4. The molecule has 0 amide bonds. The largest absolute Gasteiger partial charge is 0.481 e. The number of rotatable bonds is 9. The number of carbonyl (C=O) groups is 1. The third-order valence-electron chi connectivity index (χ3n) is 4.37. The lowest BCUT2D eigenvalue weighted by molar-refractivity contribution is -0.137. The van der Waals surface area contributed by atoms with Gasteiger partial charge in [-0.3, -0.25) is 4.79 Å². The van der Waals surface area contributed by atoms with Crippen molar-refractivity contribution in [2.45, 2.75) is 39.5 Å². The van der Waals surface area contributed by atoms with Crippen molar-refractivity contribution in [3.63, 3.8) is 0 Å². The summed E-state index contributed by atoms with van der Waals surface area (Å²) in [5, 5.41) is 22.6. The molecule has 0 bridgehead atoms. The Bertz CT molecular complexity index is 975. The Morgan fingerprint density at radius 3 is 2.59 bits per heavy atom. The number of hydrogen-bond donors (Lipinski definition) is 2. The summed E-state index contributed by atoms with van der Waals surface area (Å²) < 4.78 is 5.29. The molecule has 8 nitrogen and oxygen atoms in total. The van der Waals surface area contributed by atoms with Crippen molar-refractivity contribution in [1.82, 2.24) is 20.2 Å². The zero-order valence-corrected chi connectivity index (χ0v) is 17.4. The molecule has 0 aliphatic carbocycles. The molecule has 0 saturated heterocycles. The van der Waals surface area contributed by atoms with Gasteiger partial charge in [-0.2, -0.15) is 0 Å². The Labute approximate surface area is 173 Å². The van der Waals surface area contributed by atoms with Crippen molar-refractivity contribution in [3.8, 4) is 16.6 Å². The van der Waals surface area contributed by atoms with Gasteiger partial charge in [-0.15, -0.1) is 10.2 Å². The first-order valence-electron chi connectivity index (χ1n) is 9.38. The number of carboxylic acids is 1. The van der Waals surface area contributed by atoms with Crippen molar-refractivity contribution in [2.24, 2.45) is 0 Å². The summed E-state index contributed by atoms with van der Waals surface area (Å²) in [4.78, 5) is 19.6. The first-order valence-corrected chi connectivity index (χ1v) is 10.2. The molecule has 1 atom stereocenters. The van der Waals surface area contributed by atoms with Gasteiger partial charge in [0, 0.05) is 11.3 Å². The predicted octanol–water partition coefficient (Wildman–Crippen LogP) is 4.41. The van der Waals surface area contributed by atoms with E-state index in [4.69, 9.17) is 4.74 Å². The van der Waals surface area contributed by atoms with Crippen molar-refractivity contribution in [3.05, 3.63) is 41.2 Å². The number of aryl methyl sites for hydroxylation is 1. The van der Waals surface area contributed by atoms with E-state index in [9.17, 15) is 9.90 Å². The van der Waals surface area contributed by atoms with E-state index in [1.165, 1.54) is 11.3 Å². The van der Waals surface area contributed by atoms with Crippen LogP contribution in [-0.2, 0) is 4.79 Å². The highest BCUT2D eigenvalue weighted by Crippen LogP contribution is 2.36. The fourth-order valence-corrected chi connectivity index (χ4v) is 3.69. The fraction of sp³-hybridized carbons (Fsp3) is 0.350. The average Bonchev–Trinajstić information content (AvgIpc) is 3.14. The molecule has 2 heterocycles. The van der Waals surface area contributed by atoms with E-state index in [0.717, 1.165) is 33.3 Å². The summed E-state index contributed by atoms with van der Waals surface area (Å²) in [6.07, 6.45) is 4.11. The lowest BCUT2D eigenvalue weighted by Crippen LogP contribution is -2.06. The van der Waals surface area contributed by atoms with Gasteiger partial charge in [0.1, 0.15) is 10.0 Å². The fourth-order valence-electron chi connectivity index (χ4n) is 2.96. The van der Waals surface area contributed by atoms with E-state index in [-0.39, 0.29) is 12.3 Å². The second-order valence-corrected chi connectivity index (χ2v) is 7.63. The minimum absolute atomic E-state index is 0.0742. The quantitative estimate of drug-likeness (QED) is 0.531. The average molecular weight is 414 g/mol. The van der Waals surface area contributed by atoms with Gasteiger partial charge in [-0.05, 0) is 43.9 Å². The lowest BCUT2D eigenvalue weighted by Gasteiger charge is -2.17. The Morgan fingerprint density at radius 1 is 1.24 bits per heavy atom. The molecule has 0 unspecified atom stereocenters. The summed E-state index contributed by atoms with van der Waals surface area (Å²) in [6.45, 7) is 6.27. The molecular weight excluding hydrogens is 390 g/mol. The third kappa shape index (κ3) is 5.26. The Balaban J connectivity index is 1.97. The molecule has 0 saturated carbocycles. The van der Waals surface area contributed by atoms with Crippen LogP contribution in [-0.4, -0.2) is 37.8 Å². The predicted molar refractivity (Wildman–Crippen MR) is 112 cm³/mol. The number of aliphatic carboxylic acids is 1. The van der Waals surface area contributed by atoms with Crippen LogP contribution in [0.25, 0.3) is 10.6 Å². The minimum atomic E-state index is -0.810.